The molecule has 0 amide bonds. The Bertz CT molecular complexity index is 531. The molecule has 0 unspecified atom stereocenters. The van der Waals surface area contributed by atoms with Crippen molar-refractivity contribution in [1.82, 2.24) is 4.90 Å². The van der Waals surface area contributed by atoms with Crippen LogP contribution < -0.4 is 0 Å². The van der Waals surface area contributed by atoms with Crippen molar-refractivity contribution in [1.29, 1.82) is 0 Å². The van der Waals surface area contributed by atoms with Gasteiger partial charge in [0, 0.05) is 11.6 Å². The second-order valence-electron chi connectivity index (χ2n) is 7.19. The minimum absolute atomic E-state index is 0.0408. The second-order valence-corrected chi connectivity index (χ2v) is 7.62. The lowest BCUT2D eigenvalue weighted by Gasteiger charge is -2.28. The number of likely N-dealkylation sites (tertiary alicyclic amines) is 1. The Balaban J connectivity index is 1.54. The molecule has 2 aliphatic rings. The molecule has 2 fully saturated rings. The third-order valence-electron chi connectivity index (χ3n) is 5.55. The molecule has 0 aromatic heterocycles. The summed E-state index contributed by atoms with van der Waals surface area (Å²) in [5.41, 5.74) is 0.612. The van der Waals surface area contributed by atoms with Crippen molar-refractivity contribution in [3.63, 3.8) is 0 Å². The quantitative estimate of drug-likeness (QED) is 0.556. The van der Waals surface area contributed by atoms with Crippen molar-refractivity contribution in [2.45, 2.75) is 56.8 Å². The van der Waals surface area contributed by atoms with Crippen LogP contribution in [0.4, 0.5) is 0 Å². The van der Waals surface area contributed by atoms with Crippen LogP contribution in [0.15, 0.2) is 24.3 Å². The van der Waals surface area contributed by atoms with E-state index >= 15 is 0 Å². The van der Waals surface area contributed by atoms with Gasteiger partial charge in [0.2, 0.25) is 0 Å². The van der Waals surface area contributed by atoms with Crippen LogP contribution >= 0.6 is 11.6 Å². The van der Waals surface area contributed by atoms with Gasteiger partial charge in [-0.05, 0) is 62.9 Å². The summed E-state index contributed by atoms with van der Waals surface area (Å²) in [6.07, 6.45) is 8.85. The Kier molecular flexibility index (Phi) is 6.18. The van der Waals surface area contributed by atoms with Gasteiger partial charge in [0.25, 0.3) is 0 Å². The lowest BCUT2D eigenvalue weighted by molar-refractivity contribution is -0.150. The third-order valence-corrected chi connectivity index (χ3v) is 5.80. The van der Waals surface area contributed by atoms with Crippen molar-refractivity contribution in [3.05, 3.63) is 34.9 Å². The fourth-order valence-corrected chi connectivity index (χ4v) is 4.26. The molecule has 24 heavy (non-hydrogen) atoms. The number of hydrogen-bond acceptors (Lipinski definition) is 3. The van der Waals surface area contributed by atoms with Gasteiger partial charge in [0.1, 0.15) is 0 Å². The van der Waals surface area contributed by atoms with Gasteiger partial charge in [-0.3, -0.25) is 4.79 Å². The molecule has 0 N–H and O–H groups in total. The van der Waals surface area contributed by atoms with E-state index in [1.807, 2.05) is 24.3 Å². The van der Waals surface area contributed by atoms with E-state index in [9.17, 15) is 4.79 Å². The molecule has 0 spiro atoms. The molecular formula is C20H28ClNO2. The minimum Gasteiger partial charge on any atom is -0.465 e. The smallest absolute Gasteiger partial charge is 0.316 e. The van der Waals surface area contributed by atoms with E-state index in [0.717, 1.165) is 44.2 Å². The summed E-state index contributed by atoms with van der Waals surface area (Å²) >= 11 is 6.00. The Morgan fingerprint density at radius 2 is 1.71 bits per heavy atom. The summed E-state index contributed by atoms with van der Waals surface area (Å²) in [6.45, 7) is 3.97. The van der Waals surface area contributed by atoms with Gasteiger partial charge in [0.15, 0.2) is 0 Å². The molecule has 0 radical (unpaired) electrons. The normalized spacial score (nSPS) is 20.9. The van der Waals surface area contributed by atoms with Crippen LogP contribution in [0.25, 0.3) is 0 Å². The van der Waals surface area contributed by atoms with Crippen LogP contribution in [-0.2, 0) is 14.9 Å². The summed E-state index contributed by atoms with van der Waals surface area (Å²) in [6, 6.07) is 7.73. The Labute approximate surface area is 150 Å². The van der Waals surface area contributed by atoms with E-state index in [4.69, 9.17) is 16.3 Å². The molecule has 1 aliphatic heterocycles. The Hall–Kier alpha value is -1.06. The highest BCUT2D eigenvalue weighted by atomic mass is 35.5. The zero-order chi connectivity index (χ0) is 16.8. The number of rotatable bonds is 6. The molecule has 132 valence electrons. The highest BCUT2D eigenvalue weighted by Crippen LogP contribution is 2.42. The van der Waals surface area contributed by atoms with Crippen LogP contribution in [0.2, 0.25) is 5.02 Å². The predicted octanol–water partition coefficient (Wildman–Crippen LogP) is 4.57. The Morgan fingerprint density at radius 3 is 2.38 bits per heavy atom. The number of halogens is 1. The minimum atomic E-state index is -0.449. The average Bonchev–Trinajstić information content (AvgIpc) is 3.11. The number of esters is 1. The highest BCUT2D eigenvalue weighted by molar-refractivity contribution is 6.30. The maximum Gasteiger partial charge on any atom is 0.316 e. The van der Waals surface area contributed by atoms with Crippen molar-refractivity contribution in [2.75, 3.05) is 26.2 Å². The molecule has 1 aromatic rings. The van der Waals surface area contributed by atoms with Gasteiger partial charge in [-0.25, -0.2) is 0 Å². The van der Waals surface area contributed by atoms with E-state index in [0.29, 0.717) is 11.6 Å². The molecule has 3 rings (SSSR count). The molecule has 1 saturated carbocycles. The van der Waals surface area contributed by atoms with E-state index in [1.54, 1.807) is 0 Å². The lowest BCUT2D eigenvalue weighted by Crippen LogP contribution is -2.36. The monoisotopic (exact) mass is 349 g/mol. The molecular weight excluding hydrogens is 322 g/mol. The topological polar surface area (TPSA) is 29.5 Å². The second kappa shape index (κ2) is 8.35. The SMILES string of the molecule is O=C(OCCCN1CCCCC1)C1(c2ccc(Cl)cc2)CCCC1. The van der Waals surface area contributed by atoms with E-state index < -0.39 is 5.41 Å². The van der Waals surface area contributed by atoms with Gasteiger partial charge in [-0.15, -0.1) is 0 Å². The first-order chi connectivity index (χ1) is 11.7. The molecule has 1 aliphatic carbocycles. The molecule has 4 heteroatoms. The zero-order valence-electron chi connectivity index (χ0n) is 14.4. The van der Waals surface area contributed by atoms with Gasteiger partial charge >= 0.3 is 5.97 Å². The fraction of sp³-hybridized carbons (Fsp3) is 0.650. The standard InChI is InChI=1S/C20H28ClNO2/c21-18-9-7-17(8-10-18)20(11-2-3-12-20)19(23)24-16-6-15-22-13-4-1-5-14-22/h7-10H,1-6,11-16H2. The van der Waals surface area contributed by atoms with Crippen LogP contribution in [0.5, 0.6) is 0 Å². The number of carbonyl (C=O) groups excluding carboxylic acids is 1. The fourth-order valence-electron chi connectivity index (χ4n) is 4.13. The number of carbonyl (C=O) groups is 1. The molecule has 0 bridgehead atoms. The van der Waals surface area contributed by atoms with Crippen molar-refractivity contribution in [3.8, 4) is 0 Å². The summed E-state index contributed by atoms with van der Waals surface area (Å²) < 4.78 is 5.71. The van der Waals surface area contributed by atoms with Crippen LogP contribution in [0.3, 0.4) is 0 Å². The van der Waals surface area contributed by atoms with Crippen molar-refractivity contribution in [2.24, 2.45) is 0 Å². The number of hydrogen-bond donors (Lipinski definition) is 0. The highest BCUT2D eigenvalue weighted by Gasteiger charge is 2.44. The van der Waals surface area contributed by atoms with E-state index in [1.165, 1.54) is 32.4 Å². The average molecular weight is 350 g/mol. The largest absolute Gasteiger partial charge is 0.465 e. The predicted molar refractivity (Wildman–Crippen MR) is 97.5 cm³/mol. The molecule has 3 nitrogen and oxygen atoms in total. The zero-order valence-corrected chi connectivity index (χ0v) is 15.2. The Morgan fingerprint density at radius 1 is 1.04 bits per heavy atom. The van der Waals surface area contributed by atoms with Crippen molar-refractivity contribution < 1.29 is 9.53 Å². The lowest BCUT2D eigenvalue weighted by atomic mass is 9.79. The van der Waals surface area contributed by atoms with Crippen LogP contribution in [0.1, 0.15) is 56.9 Å². The first kappa shape index (κ1) is 17.8. The van der Waals surface area contributed by atoms with Gasteiger partial charge < -0.3 is 9.64 Å². The van der Waals surface area contributed by atoms with E-state index in [2.05, 4.69) is 4.90 Å². The van der Waals surface area contributed by atoms with Gasteiger partial charge in [0.05, 0.1) is 12.0 Å². The first-order valence-corrected chi connectivity index (χ1v) is 9.74. The van der Waals surface area contributed by atoms with Gasteiger partial charge in [-0.1, -0.05) is 43.0 Å². The summed E-state index contributed by atoms with van der Waals surface area (Å²) in [7, 11) is 0. The maximum atomic E-state index is 12.8. The summed E-state index contributed by atoms with van der Waals surface area (Å²) in [5, 5.41) is 0.710. The van der Waals surface area contributed by atoms with Crippen molar-refractivity contribution >= 4 is 17.6 Å². The number of piperidine rings is 1. The molecule has 0 atom stereocenters. The number of benzene rings is 1. The van der Waals surface area contributed by atoms with Crippen LogP contribution in [-0.4, -0.2) is 37.1 Å². The number of ether oxygens (including phenoxy) is 1. The van der Waals surface area contributed by atoms with E-state index in [-0.39, 0.29) is 5.97 Å². The molecule has 1 saturated heterocycles. The molecule has 1 heterocycles. The first-order valence-electron chi connectivity index (χ1n) is 9.36. The summed E-state index contributed by atoms with van der Waals surface area (Å²) in [5.74, 6) is -0.0408. The summed E-state index contributed by atoms with van der Waals surface area (Å²) in [4.78, 5) is 15.3. The number of nitrogens with zero attached hydrogens (tertiary/aromatic N) is 1. The maximum absolute atomic E-state index is 12.8. The van der Waals surface area contributed by atoms with Gasteiger partial charge in [-0.2, -0.15) is 0 Å². The molecule has 1 aromatic carbocycles. The third kappa shape index (κ3) is 4.12. The van der Waals surface area contributed by atoms with Crippen LogP contribution in [0, 0.1) is 0 Å².